The summed E-state index contributed by atoms with van der Waals surface area (Å²) in [6.45, 7) is 2.04. The van der Waals surface area contributed by atoms with Crippen molar-refractivity contribution in [3.8, 4) is 5.75 Å². The highest BCUT2D eigenvalue weighted by molar-refractivity contribution is 5.78. The van der Waals surface area contributed by atoms with Crippen LogP contribution >= 0.6 is 0 Å². The highest BCUT2D eigenvalue weighted by Gasteiger charge is 2.30. The van der Waals surface area contributed by atoms with Gasteiger partial charge in [-0.25, -0.2) is 0 Å². The predicted molar refractivity (Wildman–Crippen MR) is 71.1 cm³/mol. The van der Waals surface area contributed by atoms with Gasteiger partial charge in [0.1, 0.15) is 5.75 Å². The Kier molecular flexibility index (Phi) is 4.74. The summed E-state index contributed by atoms with van der Waals surface area (Å²) in [5.41, 5.74) is 0.927. The maximum Gasteiger partial charge on any atom is 0.223 e. The molecule has 1 aromatic rings. The van der Waals surface area contributed by atoms with Gasteiger partial charge in [-0.15, -0.1) is 0 Å². The molecule has 1 amide bonds. The predicted octanol–water partition coefficient (Wildman–Crippen LogP) is 1.13. The second-order valence-corrected chi connectivity index (χ2v) is 4.76. The third kappa shape index (κ3) is 3.44. The number of hydrogen-bond donors (Lipinski definition) is 0. The Morgan fingerprint density at radius 1 is 1.47 bits per heavy atom. The second-order valence-electron chi connectivity index (χ2n) is 4.76. The van der Waals surface area contributed by atoms with E-state index in [9.17, 15) is 4.79 Å². The van der Waals surface area contributed by atoms with E-state index in [0.717, 1.165) is 24.4 Å². The molecule has 2 rings (SSSR count). The van der Waals surface area contributed by atoms with Crippen LogP contribution in [0.2, 0.25) is 0 Å². The van der Waals surface area contributed by atoms with Crippen molar-refractivity contribution < 1.29 is 14.3 Å². The van der Waals surface area contributed by atoms with Crippen LogP contribution in [0.15, 0.2) is 18.3 Å². The van der Waals surface area contributed by atoms with Gasteiger partial charge in [-0.3, -0.25) is 9.78 Å². The Morgan fingerprint density at radius 2 is 2.32 bits per heavy atom. The van der Waals surface area contributed by atoms with E-state index in [1.165, 1.54) is 0 Å². The average molecular weight is 264 g/mol. The van der Waals surface area contributed by atoms with Gasteiger partial charge in [-0.1, -0.05) is 0 Å². The third-order valence-corrected chi connectivity index (χ3v) is 3.41. The molecule has 5 nitrogen and oxygen atoms in total. The van der Waals surface area contributed by atoms with E-state index < -0.39 is 0 Å². The zero-order valence-electron chi connectivity index (χ0n) is 11.5. The fraction of sp³-hybridized carbons (Fsp3) is 0.571. The van der Waals surface area contributed by atoms with Gasteiger partial charge in [-0.05, 0) is 24.5 Å². The molecule has 0 aliphatic carbocycles. The number of carbonyl (C=O) groups excluding carboxylic acids is 1. The van der Waals surface area contributed by atoms with E-state index in [2.05, 4.69) is 4.98 Å². The van der Waals surface area contributed by atoms with Crippen LogP contribution in [-0.4, -0.2) is 49.7 Å². The summed E-state index contributed by atoms with van der Waals surface area (Å²) < 4.78 is 10.3. The zero-order chi connectivity index (χ0) is 13.7. The van der Waals surface area contributed by atoms with E-state index in [-0.39, 0.29) is 5.91 Å². The standard InChI is InChI=1S/C14H20N2O3/c1-18-7-6-16-10-11(9-14(16)17)8-12-13(19-2)4-3-5-15-12/h3-5,11H,6-10H2,1-2H3/t11-/m0/s1. The lowest BCUT2D eigenvalue weighted by Crippen LogP contribution is -2.29. The van der Waals surface area contributed by atoms with Crippen molar-refractivity contribution in [2.45, 2.75) is 12.8 Å². The van der Waals surface area contributed by atoms with Crippen LogP contribution in [-0.2, 0) is 16.0 Å². The highest BCUT2D eigenvalue weighted by atomic mass is 16.5. The first-order chi connectivity index (χ1) is 9.24. The molecule has 5 heteroatoms. The fourth-order valence-electron chi connectivity index (χ4n) is 2.44. The summed E-state index contributed by atoms with van der Waals surface area (Å²) in [6.07, 6.45) is 3.12. The number of ether oxygens (including phenoxy) is 2. The van der Waals surface area contributed by atoms with Crippen LogP contribution < -0.4 is 4.74 Å². The number of methoxy groups -OCH3 is 2. The molecule has 1 saturated heterocycles. The van der Waals surface area contributed by atoms with Crippen LogP contribution in [0.5, 0.6) is 5.75 Å². The molecule has 0 unspecified atom stereocenters. The number of hydrogen-bond acceptors (Lipinski definition) is 4. The van der Waals surface area contributed by atoms with Crippen molar-refractivity contribution in [1.82, 2.24) is 9.88 Å². The second kappa shape index (κ2) is 6.52. The van der Waals surface area contributed by atoms with Crippen molar-refractivity contribution in [3.63, 3.8) is 0 Å². The van der Waals surface area contributed by atoms with Gasteiger partial charge >= 0.3 is 0 Å². The van der Waals surface area contributed by atoms with Crippen molar-refractivity contribution >= 4 is 5.91 Å². The first kappa shape index (κ1) is 13.8. The number of aromatic nitrogens is 1. The largest absolute Gasteiger partial charge is 0.495 e. The molecule has 1 fully saturated rings. The Labute approximate surface area is 113 Å². The number of nitrogens with zero attached hydrogens (tertiary/aromatic N) is 2. The first-order valence-corrected chi connectivity index (χ1v) is 6.49. The summed E-state index contributed by atoms with van der Waals surface area (Å²) in [5, 5.41) is 0. The summed E-state index contributed by atoms with van der Waals surface area (Å²) in [7, 11) is 3.29. The molecule has 0 spiro atoms. The van der Waals surface area contributed by atoms with Crippen LogP contribution in [0.4, 0.5) is 0 Å². The molecule has 1 aliphatic heterocycles. The van der Waals surface area contributed by atoms with Crippen LogP contribution in [0.25, 0.3) is 0 Å². The smallest absolute Gasteiger partial charge is 0.223 e. The highest BCUT2D eigenvalue weighted by Crippen LogP contribution is 2.25. The molecular formula is C14H20N2O3. The Bertz CT molecular complexity index is 436. The van der Waals surface area contributed by atoms with E-state index in [0.29, 0.717) is 25.5 Å². The van der Waals surface area contributed by atoms with Gasteiger partial charge in [0, 0.05) is 32.8 Å². The molecule has 0 N–H and O–H groups in total. The minimum Gasteiger partial charge on any atom is -0.495 e. The van der Waals surface area contributed by atoms with Gasteiger partial charge in [0.15, 0.2) is 0 Å². The van der Waals surface area contributed by atoms with E-state index in [1.807, 2.05) is 17.0 Å². The quantitative estimate of drug-likeness (QED) is 0.773. The van der Waals surface area contributed by atoms with Gasteiger partial charge in [0.2, 0.25) is 5.91 Å². The van der Waals surface area contributed by atoms with Gasteiger partial charge in [-0.2, -0.15) is 0 Å². The van der Waals surface area contributed by atoms with Gasteiger partial charge in [0.05, 0.1) is 19.4 Å². The van der Waals surface area contributed by atoms with Crippen LogP contribution in [0.3, 0.4) is 0 Å². The van der Waals surface area contributed by atoms with Crippen molar-refractivity contribution in [3.05, 3.63) is 24.0 Å². The molecule has 2 heterocycles. The Balaban J connectivity index is 1.95. The molecule has 0 aromatic carbocycles. The molecule has 0 saturated carbocycles. The topological polar surface area (TPSA) is 51.7 Å². The lowest BCUT2D eigenvalue weighted by Gasteiger charge is -2.16. The average Bonchev–Trinajstić information content (AvgIpc) is 2.77. The van der Waals surface area contributed by atoms with Gasteiger partial charge in [0.25, 0.3) is 0 Å². The lowest BCUT2D eigenvalue weighted by atomic mass is 10.0. The van der Waals surface area contributed by atoms with Crippen molar-refractivity contribution in [2.75, 3.05) is 33.9 Å². The molecule has 0 radical (unpaired) electrons. The summed E-state index contributed by atoms with van der Waals surface area (Å²) >= 11 is 0. The number of carbonyl (C=O) groups is 1. The Morgan fingerprint density at radius 3 is 3.05 bits per heavy atom. The molecule has 1 aliphatic rings. The lowest BCUT2D eigenvalue weighted by molar-refractivity contribution is -0.128. The van der Waals surface area contributed by atoms with E-state index in [1.54, 1.807) is 20.4 Å². The molecule has 19 heavy (non-hydrogen) atoms. The van der Waals surface area contributed by atoms with Crippen molar-refractivity contribution in [1.29, 1.82) is 0 Å². The normalized spacial score (nSPS) is 18.9. The SMILES string of the molecule is COCCN1C[C@@H](Cc2ncccc2OC)CC1=O. The molecule has 1 aromatic heterocycles. The Hall–Kier alpha value is -1.62. The third-order valence-electron chi connectivity index (χ3n) is 3.41. The molecule has 1 atom stereocenters. The van der Waals surface area contributed by atoms with Crippen LogP contribution in [0.1, 0.15) is 12.1 Å². The molecule has 0 bridgehead atoms. The van der Waals surface area contributed by atoms with Crippen molar-refractivity contribution in [2.24, 2.45) is 5.92 Å². The van der Waals surface area contributed by atoms with E-state index in [4.69, 9.17) is 9.47 Å². The van der Waals surface area contributed by atoms with Crippen LogP contribution in [0, 0.1) is 5.92 Å². The summed E-state index contributed by atoms with van der Waals surface area (Å²) in [4.78, 5) is 18.1. The maximum absolute atomic E-state index is 11.9. The monoisotopic (exact) mass is 264 g/mol. The fourth-order valence-corrected chi connectivity index (χ4v) is 2.44. The maximum atomic E-state index is 11.9. The molecule has 104 valence electrons. The summed E-state index contributed by atoms with van der Waals surface area (Å²) in [6, 6.07) is 3.76. The van der Waals surface area contributed by atoms with E-state index >= 15 is 0 Å². The molecular weight excluding hydrogens is 244 g/mol. The number of pyridine rings is 1. The zero-order valence-corrected chi connectivity index (χ0v) is 11.5. The first-order valence-electron chi connectivity index (χ1n) is 6.49. The number of likely N-dealkylation sites (tertiary alicyclic amines) is 1. The minimum atomic E-state index is 0.206. The number of rotatable bonds is 6. The van der Waals surface area contributed by atoms with Gasteiger partial charge < -0.3 is 14.4 Å². The summed E-state index contributed by atoms with van der Waals surface area (Å²) in [5.74, 6) is 1.32. The number of amides is 1. The minimum absolute atomic E-state index is 0.206.